The van der Waals surface area contributed by atoms with Crippen molar-refractivity contribution in [3.05, 3.63) is 29.8 Å². The van der Waals surface area contributed by atoms with Gasteiger partial charge in [-0.25, -0.2) is 0 Å². The summed E-state index contributed by atoms with van der Waals surface area (Å²) in [4.78, 5) is 26.5. The third-order valence-corrected chi connectivity index (χ3v) is 5.59. The second-order valence-electron chi connectivity index (χ2n) is 7.53. The van der Waals surface area contributed by atoms with Crippen molar-refractivity contribution in [1.82, 2.24) is 10.2 Å². The zero-order valence-electron chi connectivity index (χ0n) is 16.1. The normalized spacial score (nSPS) is 19.7. The van der Waals surface area contributed by atoms with E-state index in [4.69, 9.17) is 4.74 Å². The second kappa shape index (κ2) is 9.58. The van der Waals surface area contributed by atoms with Crippen molar-refractivity contribution in [2.24, 2.45) is 5.92 Å². The van der Waals surface area contributed by atoms with Crippen LogP contribution in [0, 0.1) is 5.92 Å². The van der Waals surface area contributed by atoms with E-state index in [1.54, 1.807) is 0 Å². The molecule has 2 aliphatic heterocycles. The van der Waals surface area contributed by atoms with Gasteiger partial charge in [-0.2, -0.15) is 13.2 Å². The first-order chi connectivity index (χ1) is 13.8. The molecule has 0 unspecified atom stereocenters. The number of hydrogen-bond acceptors (Lipinski definition) is 4. The number of likely N-dealkylation sites (tertiary alicyclic amines) is 1. The van der Waals surface area contributed by atoms with Crippen LogP contribution >= 0.6 is 0 Å². The minimum Gasteiger partial charge on any atom is -0.381 e. The van der Waals surface area contributed by atoms with Crippen LogP contribution in [0.5, 0.6) is 0 Å². The van der Waals surface area contributed by atoms with E-state index < -0.39 is 29.2 Å². The van der Waals surface area contributed by atoms with Crippen molar-refractivity contribution in [2.45, 2.75) is 37.9 Å². The molecule has 3 rings (SSSR count). The summed E-state index contributed by atoms with van der Waals surface area (Å²) < 4.78 is 44.4. The lowest BCUT2D eigenvalue weighted by molar-refractivity contribution is -0.138. The van der Waals surface area contributed by atoms with Crippen LogP contribution in [-0.4, -0.2) is 55.6 Å². The molecule has 160 valence electrons. The lowest BCUT2D eigenvalue weighted by Crippen LogP contribution is -2.46. The molecule has 1 aromatic carbocycles. The summed E-state index contributed by atoms with van der Waals surface area (Å²) in [6, 6.07) is 5.14. The van der Waals surface area contributed by atoms with Gasteiger partial charge in [0.1, 0.15) is 0 Å². The van der Waals surface area contributed by atoms with Crippen LogP contribution in [0.1, 0.15) is 31.2 Å². The first-order valence-corrected chi connectivity index (χ1v) is 9.92. The van der Waals surface area contributed by atoms with Gasteiger partial charge in [-0.05, 0) is 56.8 Å². The monoisotopic (exact) mass is 413 g/mol. The lowest BCUT2D eigenvalue weighted by atomic mass is 9.94. The number of alkyl halides is 3. The summed E-state index contributed by atoms with van der Waals surface area (Å²) in [5.41, 5.74) is -1.41. The third-order valence-electron chi connectivity index (χ3n) is 5.59. The van der Waals surface area contributed by atoms with Gasteiger partial charge in [0.15, 0.2) is 0 Å². The SMILES string of the molecule is O=C(NCC1CCN(C2CCOCC2)CC1)C(=O)Nc1ccccc1C(F)(F)F. The van der Waals surface area contributed by atoms with Crippen LogP contribution in [0.25, 0.3) is 0 Å². The number of halogens is 3. The van der Waals surface area contributed by atoms with Crippen LogP contribution in [0.15, 0.2) is 24.3 Å². The predicted octanol–water partition coefficient (Wildman–Crippen LogP) is 2.65. The number of hydrogen-bond donors (Lipinski definition) is 2. The number of nitrogens with one attached hydrogen (secondary N) is 2. The molecule has 2 amide bonds. The summed E-state index contributed by atoms with van der Waals surface area (Å²) in [6.45, 7) is 3.82. The molecule has 0 radical (unpaired) electrons. The fraction of sp³-hybridized carbons (Fsp3) is 0.600. The second-order valence-corrected chi connectivity index (χ2v) is 7.53. The van der Waals surface area contributed by atoms with E-state index in [0.717, 1.165) is 64.1 Å². The highest BCUT2D eigenvalue weighted by atomic mass is 19.4. The summed E-state index contributed by atoms with van der Waals surface area (Å²) in [5, 5.41) is 4.62. The smallest absolute Gasteiger partial charge is 0.381 e. The fourth-order valence-corrected chi connectivity index (χ4v) is 3.91. The van der Waals surface area contributed by atoms with Gasteiger partial charge in [-0.3, -0.25) is 9.59 Å². The summed E-state index contributed by atoms with van der Waals surface area (Å²) >= 11 is 0. The van der Waals surface area contributed by atoms with Gasteiger partial charge in [0, 0.05) is 25.8 Å². The van der Waals surface area contributed by atoms with E-state index >= 15 is 0 Å². The molecule has 0 spiro atoms. The molecule has 2 saturated heterocycles. The number of carbonyl (C=O) groups is 2. The molecule has 1 aromatic rings. The maximum absolute atomic E-state index is 13.0. The Morgan fingerprint density at radius 1 is 1.03 bits per heavy atom. The first-order valence-electron chi connectivity index (χ1n) is 9.92. The number of anilines is 1. The number of amides is 2. The molecule has 2 aliphatic rings. The predicted molar refractivity (Wildman–Crippen MR) is 101 cm³/mol. The van der Waals surface area contributed by atoms with E-state index in [2.05, 4.69) is 15.5 Å². The van der Waals surface area contributed by atoms with E-state index in [9.17, 15) is 22.8 Å². The van der Waals surface area contributed by atoms with Gasteiger partial charge in [0.05, 0.1) is 11.3 Å². The summed E-state index contributed by atoms with van der Waals surface area (Å²) in [6.07, 6.45) is -0.701. The largest absolute Gasteiger partial charge is 0.418 e. The van der Waals surface area contributed by atoms with Gasteiger partial charge in [0.2, 0.25) is 0 Å². The lowest BCUT2D eigenvalue weighted by Gasteiger charge is -2.39. The molecule has 0 atom stereocenters. The van der Waals surface area contributed by atoms with Crippen LogP contribution in [0.2, 0.25) is 0 Å². The number of benzene rings is 1. The molecule has 0 aromatic heterocycles. The van der Waals surface area contributed by atoms with Crippen LogP contribution < -0.4 is 10.6 Å². The minimum atomic E-state index is -4.61. The number of ether oxygens (including phenoxy) is 1. The molecular weight excluding hydrogens is 387 g/mol. The van der Waals surface area contributed by atoms with E-state index in [1.165, 1.54) is 12.1 Å². The quantitative estimate of drug-likeness (QED) is 0.745. The zero-order chi connectivity index (χ0) is 20.9. The standard InChI is InChI=1S/C20H26F3N3O3/c21-20(22,23)16-3-1-2-4-17(16)25-19(28)18(27)24-13-14-5-9-26(10-6-14)15-7-11-29-12-8-15/h1-4,14-15H,5-13H2,(H,24,27)(H,25,28). The highest BCUT2D eigenvalue weighted by molar-refractivity contribution is 6.39. The van der Waals surface area contributed by atoms with Crippen molar-refractivity contribution < 1.29 is 27.5 Å². The first kappa shape index (κ1) is 21.6. The van der Waals surface area contributed by atoms with Gasteiger partial charge in [-0.1, -0.05) is 12.1 Å². The molecule has 0 aliphatic carbocycles. The number of rotatable bonds is 4. The van der Waals surface area contributed by atoms with E-state index in [1.807, 2.05) is 0 Å². The average molecular weight is 413 g/mol. The Kier molecular flexibility index (Phi) is 7.13. The number of para-hydroxylation sites is 1. The Balaban J connectivity index is 1.44. The average Bonchev–Trinajstić information content (AvgIpc) is 2.72. The molecule has 2 N–H and O–H groups in total. The van der Waals surface area contributed by atoms with Crippen molar-refractivity contribution >= 4 is 17.5 Å². The third kappa shape index (κ3) is 5.93. The van der Waals surface area contributed by atoms with E-state index in [0.29, 0.717) is 12.6 Å². The van der Waals surface area contributed by atoms with Crippen LogP contribution in [0.3, 0.4) is 0 Å². The molecule has 0 saturated carbocycles. The molecule has 9 heteroatoms. The van der Waals surface area contributed by atoms with Crippen molar-refractivity contribution in [1.29, 1.82) is 0 Å². The Morgan fingerprint density at radius 3 is 2.34 bits per heavy atom. The van der Waals surface area contributed by atoms with Gasteiger partial charge < -0.3 is 20.3 Å². The Hall–Kier alpha value is -2.13. The number of piperidine rings is 1. The molecule has 0 bridgehead atoms. The summed E-state index contributed by atoms with van der Waals surface area (Å²) in [7, 11) is 0. The molecule has 29 heavy (non-hydrogen) atoms. The van der Waals surface area contributed by atoms with Crippen LogP contribution in [-0.2, 0) is 20.5 Å². The van der Waals surface area contributed by atoms with Gasteiger partial charge in [-0.15, -0.1) is 0 Å². The summed E-state index contributed by atoms with van der Waals surface area (Å²) in [5.74, 6) is -1.76. The van der Waals surface area contributed by atoms with Gasteiger partial charge >= 0.3 is 18.0 Å². The molecular formula is C20H26F3N3O3. The van der Waals surface area contributed by atoms with E-state index in [-0.39, 0.29) is 5.92 Å². The van der Waals surface area contributed by atoms with Crippen molar-refractivity contribution in [3.8, 4) is 0 Å². The zero-order valence-corrected chi connectivity index (χ0v) is 16.1. The van der Waals surface area contributed by atoms with Crippen molar-refractivity contribution in [3.63, 3.8) is 0 Å². The number of carbonyl (C=O) groups excluding carboxylic acids is 2. The van der Waals surface area contributed by atoms with Gasteiger partial charge in [0.25, 0.3) is 0 Å². The highest BCUT2D eigenvalue weighted by Crippen LogP contribution is 2.34. The maximum atomic E-state index is 13.0. The Bertz CT molecular complexity index is 712. The Labute approximate surface area is 167 Å². The topological polar surface area (TPSA) is 70.7 Å². The molecule has 2 heterocycles. The van der Waals surface area contributed by atoms with Crippen LogP contribution in [0.4, 0.5) is 18.9 Å². The fourth-order valence-electron chi connectivity index (χ4n) is 3.91. The molecule has 6 nitrogen and oxygen atoms in total. The number of nitrogens with zero attached hydrogens (tertiary/aromatic N) is 1. The minimum absolute atomic E-state index is 0.255. The highest BCUT2D eigenvalue weighted by Gasteiger charge is 2.34. The maximum Gasteiger partial charge on any atom is 0.418 e. The Morgan fingerprint density at radius 2 is 1.69 bits per heavy atom. The van der Waals surface area contributed by atoms with Crippen molar-refractivity contribution in [2.75, 3.05) is 38.2 Å². The molecule has 2 fully saturated rings.